The molecule has 0 aliphatic carbocycles. The molecule has 0 aromatic heterocycles. The van der Waals surface area contributed by atoms with E-state index >= 15 is 0 Å². The molecule has 0 bridgehead atoms. The van der Waals surface area contributed by atoms with Crippen LogP contribution in [0, 0.1) is 0 Å². The molecule has 0 fully saturated rings. The van der Waals surface area contributed by atoms with Gasteiger partial charge in [0.25, 0.3) is 0 Å². The predicted octanol–water partition coefficient (Wildman–Crippen LogP) is 1.82. The van der Waals surface area contributed by atoms with Gasteiger partial charge >= 0.3 is 6.09 Å². The third kappa shape index (κ3) is 11.3. The van der Waals surface area contributed by atoms with Crippen LogP contribution in [0.5, 0.6) is 0 Å². The van der Waals surface area contributed by atoms with Gasteiger partial charge in [0.1, 0.15) is 13.2 Å². The highest BCUT2D eigenvalue weighted by Gasteiger charge is 2.17. The topological polar surface area (TPSA) is 103 Å². The van der Waals surface area contributed by atoms with E-state index in [4.69, 9.17) is 14.2 Å². The van der Waals surface area contributed by atoms with E-state index in [2.05, 4.69) is 10.6 Å². The van der Waals surface area contributed by atoms with E-state index in [1.165, 1.54) is 6.92 Å². The van der Waals surface area contributed by atoms with Gasteiger partial charge in [0.2, 0.25) is 5.91 Å². The maximum atomic E-state index is 11.9. The summed E-state index contributed by atoms with van der Waals surface area (Å²) in [4.78, 5) is 35.2. The van der Waals surface area contributed by atoms with Crippen molar-refractivity contribution >= 4 is 17.8 Å². The number of amides is 2. The third-order valence-corrected chi connectivity index (χ3v) is 3.90. The normalized spacial score (nSPS) is 11.5. The molecule has 1 atom stereocenters. The summed E-state index contributed by atoms with van der Waals surface area (Å²) >= 11 is 0. The average molecular weight is 394 g/mol. The molecule has 28 heavy (non-hydrogen) atoms. The minimum absolute atomic E-state index is 0.00571. The lowest BCUT2D eigenvalue weighted by Gasteiger charge is -2.16. The number of ether oxygens (including phenoxy) is 3. The van der Waals surface area contributed by atoms with Gasteiger partial charge in [0, 0.05) is 13.7 Å². The number of rotatable bonds is 14. The Kier molecular flexibility index (Phi) is 12.3. The minimum Gasteiger partial charge on any atom is -0.445 e. The van der Waals surface area contributed by atoms with E-state index in [-0.39, 0.29) is 24.9 Å². The zero-order chi connectivity index (χ0) is 20.6. The van der Waals surface area contributed by atoms with Crippen molar-refractivity contribution in [2.75, 3.05) is 33.5 Å². The van der Waals surface area contributed by atoms with Crippen LogP contribution in [0.25, 0.3) is 0 Å². The molecule has 0 radical (unpaired) electrons. The van der Waals surface area contributed by atoms with E-state index in [0.29, 0.717) is 39.0 Å². The number of hydrogen-bond acceptors (Lipinski definition) is 6. The van der Waals surface area contributed by atoms with Gasteiger partial charge < -0.3 is 24.8 Å². The maximum absolute atomic E-state index is 11.9. The zero-order valence-corrected chi connectivity index (χ0v) is 16.6. The SMILES string of the molecule is COCCOCC(=O)NCCCC[C@H](NC(=O)OCc1ccccc1)C(C)=O. The highest BCUT2D eigenvalue weighted by Crippen LogP contribution is 2.04. The Morgan fingerprint density at radius 1 is 1.07 bits per heavy atom. The standard InChI is InChI=1S/C20H30N2O6/c1-16(23)18(22-20(25)28-14-17-8-4-3-5-9-17)10-6-7-11-21-19(24)15-27-13-12-26-2/h3-5,8-9,18H,6-7,10-15H2,1-2H3,(H,21,24)(H,22,25)/t18-/m0/s1. The molecule has 0 unspecified atom stereocenters. The van der Waals surface area contributed by atoms with Crippen molar-refractivity contribution in [1.29, 1.82) is 0 Å². The van der Waals surface area contributed by atoms with Gasteiger partial charge in [-0.1, -0.05) is 30.3 Å². The summed E-state index contributed by atoms with van der Waals surface area (Å²) in [5.74, 6) is -0.325. The first-order valence-electron chi connectivity index (χ1n) is 9.34. The third-order valence-electron chi connectivity index (χ3n) is 3.90. The van der Waals surface area contributed by atoms with Crippen molar-refractivity contribution in [2.45, 2.75) is 38.8 Å². The lowest BCUT2D eigenvalue weighted by Crippen LogP contribution is -2.40. The fraction of sp³-hybridized carbons (Fsp3) is 0.550. The molecule has 0 saturated carbocycles. The Morgan fingerprint density at radius 2 is 1.82 bits per heavy atom. The van der Waals surface area contributed by atoms with Crippen molar-refractivity contribution in [3.05, 3.63) is 35.9 Å². The van der Waals surface area contributed by atoms with Crippen molar-refractivity contribution < 1.29 is 28.6 Å². The number of methoxy groups -OCH3 is 1. The molecule has 156 valence electrons. The van der Waals surface area contributed by atoms with Gasteiger partial charge in [-0.3, -0.25) is 9.59 Å². The first-order valence-corrected chi connectivity index (χ1v) is 9.34. The molecule has 8 heteroatoms. The molecule has 0 heterocycles. The van der Waals surface area contributed by atoms with Crippen LogP contribution in [-0.4, -0.2) is 57.3 Å². The number of unbranched alkanes of at least 4 members (excludes halogenated alkanes) is 1. The Labute approximate surface area is 165 Å². The Hall–Kier alpha value is -2.45. The Bertz CT molecular complexity index is 594. The molecular weight excluding hydrogens is 364 g/mol. The number of hydrogen-bond donors (Lipinski definition) is 2. The van der Waals surface area contributed by atoms with E-state index in [1.807, 2.05) is 30.3 Å². The molecule has 1 aromatic carbocycles. The molecule has 1 aromatic rings. The van der Waals surface area contributed by atoms with Gasteiger partial charge in [0.05, 0.1) is 19.3 Å². The monoisotopic (exact) mass is 394 g/mol. The zero-order valence-electron chi connectivity index (χ0n) is 16.6. The number of carbonyl (C=O) groups excluding carboxylic acids is 3. The quantitative estimate of drug-likeness (QED) is 0.467. The molecule has 0 aliphatic heterocycles. The number of ketones is 1. The van der Waals surface area contributed by atoms with E-state index in [1.54, 1.807) is 7.11 Å². The van der Waals surface area contributed by atoms with Gasteiger partial charge in [-0.2, -0.15) is 0 Å². The average Bonchev–Trinajstić information content (AvgIpc) is 2.69. The lowest BCUT2D eigenvalue weighted by atomic mass is 10.1. The van der Waals surface area contributed by atoms with Gasteiger partial charge in [-0.25, -0.2) is 4.79 Å². The molecule has 1 rings (SSSR count). The largest absolute Gasteiger partial charge is 0.445 e. The van der Waals surface area contributed by atoms with Gasteiger partial charge in [-0.05, 0) is 31.7 Å². The molecule has 0 aliphatic rings. The van der Waals surface area contributed by atoms with Crippen LogP contribution < -0.4 is 10.6 Å². The number of nitrogens with one attached hydrogen (secondary N) is 2. The van der Waals surface area contributed by atoms with Crippen LogP contribution >= 0.6 is 0 Å². The molecule has 2 amide bonds. The first kappa shape index (κ1) is 23.6. The van der Waals surface area contributed by atoms with Crippen LogP contribution in [0.2, 0.25) is 0 Å². The predicted molar refractivity (Wildman–Crippen MR) is 104 cm³/mol. The number of benzene rings is 1. The maximum Gasteiger partial charge on any atom is 0.408 e. The Balaban J connectivity index is 2.17. The summed E-state index contributed by atoms with van der Waals surface area (Å²) in [5, 5.41) is 5.34. The number of alkyl carbamates (subject to hydrolysis) is 1. The van der Waals surface area contributed by atoms with Crippen LogP contribution in [0.15, 0.2) is 30.3 Å². The van der Waals surface area contributed by atoms with Crippen LogP contribution in [0.1, 0.15) is 31.7 Å². The Morgan fingerprint density at radius 3 is 2.50 bits per heavy atom. The van der Waals surface area contributed by atoms with Crippen LogP contribution in [0.3, 0.4) is 0 Å². The lowest BCUT2D eigenvalue weighted by molar-refractivity contribution is -0.126. The van der Waals surface area contributed by atoms with E-state index in [9.17, 15) is 14.4 Å². The fourth-order valence-corrected chi connectivity index (χ4v) is 2.34. The molecular formula is C20H30N2O6. The minimum atomic E-state index is -0.620. The smallest absolute Gasteiger partial charge is 0.408 e. The van der Waals surface area contributed by atoms with Crippen molar-refractivity contribution in [3.8, 4) is 0 Å². The van der Waals surface area contributed by atoms with E-state index in [0.717, 1.165) is 5.56 Å². The fourth-order valence-electron chi connectivity index (χ4n) is 2.34. The van der Waals surface area contributed by atoms with Crippen LogP contribution in [-0.2, 0) is 30.4 Å². The number of carbonyl (C=O) groups is 3. The summed E-state index contributed by atoms with van der Waals surface area (Å²) in [6.07, 6.45) is 1.23. The molecule has 0 saturated heterocycles. The van der Waals surface area contributed by atoms with Crippen molar-refractivity contribution in [2.24, 2.45) is 0 Å². The van der Waals surface area contributed by atoms with E-state index < -0.39 is 12.1 Å². The van der Waals surface area contributed by atoms with Gasteiger partial charge in [-0.15, -0.1) is 0 Å². The second-order valence-corrected chi connectivity index (χ2v) is 6.26. The van der Waals surface area contributed by atoms with Crippen molar-refractivity contribution in [1.82, 2.24) is 10.6 Å². The highest BCUT2D eigenvalue weighted by molar-refractivity contribution is 5.85. The van der Waals surface area contributed by atoms with Gasteiger partial charge in [0.15, 0.2) is 5.78 Å². The molecule has 0 spiro atoms. The summed E-state index contributed by atoms with van der Waals surface area (Å²) in [6.45, 7) is 2.87. The molecule has 8 nitrogen and oxygen atoms in total. The second kappa shape index (κ2) is 14.6. The highest BCUT2D eigenvalue weighted by atomic mass is 16.5. The van der Waals surface area contributed by atoms with Crippen molar-refractivity contribution in [3.63, 3.8) is 0 Å². The number of Topliss-reactive ketones (excluding diaryl/α,β-unsaturated/α-hetero) is 1. The summed E-state index contributed by atoms with van der Waals surface area (Å²) in [7, 11) is 1.57. The second-order valence-electron chi connectivity index (χ2n) is 6.26. The summed E-state index contributed by atoms with van der Waals surface area (Å²) in [5.41, 5.74) is 0.874. The molecule has 2 N–H and O–H groups in total. The first-order chi connectivity index (χ1) is 13.5. The van der Waals surface area contributed by atoms with Crippen LogP contribution in [0.4, 0.5) is 4.79 Å². The summed E-state index contributed by atoms with van der Waals surface area (Å²) in [6, 6.07) is 8.71. The summed E-state index contributed by atoms with van der Waals surface area (Å²) < 4.78 is 15.1.